The fraction of sp³-hybridized carbons (Fsp3) is 0.889. The van der Waals surface area contributed by atoms with Crippen molar-refractivity contribution < 1.29 is 19.1 Å². The van der Waals surface area contributed by atoms with Crippen LogP contribution in [0, 0.1) is 17.3 Å². The molecular formula is C18H30N2O4. The Balaban J connectivity index is 1.46. The number of ether oxygens (including phenoxy) is 2. The van der Waals surface area contributed by atoms with Crippen LogP contribution in [0.15, 0.2) is 0 Å². The Morgan fingerprint density at radius 2 is 1.79 bits per heavy atom. The molecule has 0 radical (unpaired) electrons. The molecule has 6 heteroatoms. The van der Waals surface area contributed by atoms with Gasteiger partial charge in [-0.2, -0.15) is 0 Å². The van der Waals surface area contributed by atoms with E-state index in [4.69, 9.17) is 9.47 Å². The molecule has 3 heterocycles. The van der Waals surface area contributed by atoms with E-state index in [0.29, 0.717) is 19.8 Å². The summed E-state index contributed by atoms with van der Waals surface area (Å²) < 4.78 is 10.8. The Morgan fingerprint density at radius 3 is 2.42 bits per heavy atom. The first kappa shape index (κ1) is 17.7. The quantitative estimate of drug-likeness (QED) is 0.836. The molecule has 136 valence electrons. The summed E-state index contributed by atoms with van der Waals surface area (Å²) >= 11 is 0. The first-order valence-electron chi connectivity index (χ1n) is 9.29. The summed E-state index contributed by atoms with van der Waals surface area (Å²) in [6, 6.07) is 0. The number of nitrogens with one attached hydrogen (secondary N) is 1. The van der Waals surface area contributed by atoms with Crippen LogP contribution in [-0.2, 0) is 19.1 Å². The molecule has 2 amide bonds. The number of carbonyl (C=O) groups excluding carboxylic acids is 2. The van der Waals surface area contributed by atoms with Gasteiger partial charge in [0.25, 0.3) is 0 Å². The third kappa shape index (κ3) is 4.28. The van der Waals surface area contributed by atoms with Gasteiger partial charge in [0, 0.05) is 38.3 Å². The minimum atomic E-state index is -0.0314. The first-order valence-corrected chi connectivity index (χ1v) is 9.29. The van der Waals surface area contributed by atoms with Crippen LogP contribution < -0.4 is 5.32 Å². The zero-order valence-electron chi connectivity index (χ0n) is 14.7. The molecule has 3 rings (SSSR count). The SMILES string of the molecule is CC1(CNC(=O)C2CCCOC2)CCN(C(=O)C2CCCOC2)C1. The zero-order valence-corrected chi connectivity index (χ0v) is 14.7. The first-order chi connectivity index (χ1) is 11.6. The molecule has 0 aliphatic carbocycles. The van der Waals surface area contributed by atoms with E-state index < -0.39 is 0 Å². The Hall–Kier alpha value is -1.14. The molecule has 0 aromatic rings. The molecule has 3 fully saturated rings. The molecule has 3 unspecified atom stereocenters. The van der Waals surface area contributed by atoms with Crippen molar-refractivity contribution in [2.75, 3.05) is 46.1 Å². The summed E-state index contributed by atoms with van der Waals surface area (Å²) in [5, 5.41) is 3.09. The standard InChI is InChI=1S/C18H30N2O4/c1-18(12-19-16(21)14-4-2-8-23-10-14)6-7-20(13-18)17(22)15-5-3-9-24-11-15/h14-15H,2-13H2,1H3,(H,19,21). The van der Waals surface area contributed by atoms with Gasteiger partial charge in [0.2, 0.25) is 11.8 Å². The van der Waals surface area contributed by atoms with Gasteiger partial charge in [-0.25, -0.2) is 0 Å². The van der Waals surface area contributed by atoms with Crippen LogP contribution in [0.3, 0.4) is 0 Å². The van der Waals surface area contributed by atoms with Crippen LogP contribution in [0.25, 0.3) is 0 Å². The average Bonchev–Trinajstić information content (AvgIpc) is 3.03. The normalized spacial score (nSPS) is 34.1. The predicted octanol–water partition coefficient (Wildman–Crippen LogP) is 1.19. The highest BCUT2D eigenvalue weighted by molar-refractivity contribution is 5.80. The van der Waals surface area contributed by atoms with E-state index >= 15 is 0 Å². The van der Waals surface area contributed by atoms with Crippen LogP contribution >= 0.6 is 0 Å². The van der Waals surface area contributed by atoms with E-state index in [1.54, 1.807) is 0 Å². The summed E-state index contributed by atoms with van der Waals surface area (Å²) in [5.41, 5.74) is -0.0314. The Morgan fingerprint density at radius 1 is 1.12 bits per heavy atom. The maximum atomic E-state index is 12.6. The van der Waals surface area contributed by atoms with Crippen LogP contribution in [-0.4, -0.2) is 62.8 Å². The molecule has 0 aromatic heterocycles. The van der Waals surface area contributed by atoms with E-state index in [1.807, 2.05) is 4.90 Å². The average molecular weight is 338 g/mol. The van der Waals surface area contributed by atoms with Crippen molar-refractivity contribution in [2.24, 2.45) is 17.3 Å². The minimum Gasteiger partial charge on any atom is -0.381 e. The topological polar surface area (TPSA) is 67.9 Å². The predicted molar refractivity (Wildman–Crippen MR) is 89.4 cm³/mol. The Kier molecular flexibility index (Phi) is 5.76. The van der Waals surface area contributed by atoms with Crippen molar-refractivity contribution in [1.82, 2.24) is 10.2 Å². The van der Waals surface area contributed by atoms with Crippen molar-refractivity contribution in [3.8, 4) is 0 Å². The van der Waals surface area contributed by atoms with E-state index in [-0.39, 0.29) is 29.1 Å². The van der Waals surface area contributed by atoms with Gasteiger partial charge >= 0.3 is 0 Å². The van der Waals surface area contributed by atoms with Crippen LogP contribution in [0.2, 0.25) is 0 Å². The van der Waals surface area contributed by atoms with Gasteiger partial charge in [-0.3, -0.25) is 9.59 Å². The molecule has 3 saturated heterocycles. The third-order valence-corrected chi connectivity index (χ3v) is 5.60. The number of hydrogen-bond acceptors (Lipinski definition) is 4. The lowest BCUT2D eigenvalue weighted by atomic mass is 9.89. The highest BCUT2D eigenvalue weighted by atomic mass is 16.5. The third-order valence-electron chi connectivity index (χ3n) is 5.60. The van der Waals surface area contributed by atoms with Gasteiger partial charge < -0.3 is 19.7 Å². The lowest BCUT2D eigenvalue weighted by molar-refractivity contribution is -0.139. The van der Waals surface area contributed by atoms with Crippen molar-refractivity contribution in [1.29, 1.82) is 0 Å². The molecule has 6 nitrogen and oxygen atoms in total. The molecular weight excluding hydrogens is 308 g/mol. The summed E-state index contributed by atoms with van der Waals surface area (Å²) in [6.07, 6.45) is 4.72. The molecule has 0 bridgehead atoms. The second-order valence-corrected chi connectivity index (χ2v) is 7.87. The second kappa shape index (κ2) is 7.83. The minimum absolute atomic E-state index is 0.0131. The Bertz CT molecular complexity index is 458. The highest BCUT2D eigenvalue weighted by Gasteiger charge is 2.39. The van der Waals surface area contributed by atoms with Gasteiger partial charge in [0.05, 0.1) is 25.0 Å². The number of carbonyl (C=O) groups is 2. The smallest absolute Gasteiger partial charge is 0.228 e. The van der Waals surface area contributed by atoms with Crippen molar-refractivity contribution in [2.45, 2.75) is 39.0 Å². The van der Waals surface area contributed by atoms with E-state index in [2.05, 4.69) is 12.2 Å². The highest BCUT2D eigenvalue weighted by Crippen LogP contribution is 2.31. The summed E-state index contributed by atoms with van der Waals surface area (Å²) in [5.74, 6) is 0.336. The molecule has 3 atom stereocenters. The second-order valence-electron chi connectivity index (χ2n) is 7.87. The maximum Gasteiger partial charge on any atom is 0.228 e. The van der Waals surface area contributed by atoms with Crippen molar-refractivity contribution >= 4 is 11.8 Å². The van der Waals surface area contributed by atoms with Crippen LogP contribution in [0.5, 0.6) is 0 Å². The summed E-state index contributed by atoms with van der Waals surface area (Å²) in [4.78, 5) is 26.9. The fourth-order valence-corrected chi connectivity index (χ4v) is 3.94. The lowest BCUT2D eigenvalue weighted by Crippen LogP contribution is -2.44. The molecule has 0 aromatic carbocycles. The van der Waals surface area contributed by atoms with Gasteiger partial charge in [-0.15, -0.1) is 0 Å². The van der Waals surface area contributed by atoms with Crippen LogP contribution in [0.1, 0.15) is 39.0 Å². The van der Waals surface area contributed by atoms with Gasteiger partial charge in [-0.1, -0.05) is 6.92 Å². The van der Waals surface area contributed by atoms with Crippen molar-refractivity contribution in [3.05, 3.63) is 0 Å². The zero-order chi connectivity index (χ0) is 17.0. The maximum absolute atomic E-state index is 12.6. The molecule has 0 spiro atoms. The van der Waals surface area contributed by atoms with Gasteiger partial charge in [0.1, 0.15) is 0 Å². The summed E-state index contributed by atoms with van der Waals surface area (Å²) in [6.45, 7) is 6.95. The molecule has 3 aliphatic heterocycles. The lowest BCUT2D eigenvalue weighted by Gasteiger charge is -2.29. The molecule has 1 N–H and O–H groups in total. The summed E-state index contributed by atoms with van der Waals surface area (Å²) in [7, 11) is 0. The van der Waals surface area contributed by atoms with E-state index in [9.17, 15) is 9.59 Å². The Labute approximate surface area is 144 Å². The number of amides is 2. The number of rotatable bonds is 4. The van der Waals surface area contributed by atoms with Crippen LogP contribution in [0.4, 0.5) is 0 Å². The van der Waals surface area contributed by atoms with Gasteiger partial charge in [-0.05, 0) is 32.1 Å². The van der Waals surface area contributed by atoms with Crippen molar-refractivity contribution in [3.63, 3.8) is 0 Å². The molecule has 24 heavy (non-hydrogen) atoms. The largest absolute Gasteiger partial charge is 0.381 e. The molecule has 3 aliphatic rings. The monoisotopic (exact) mass is 338 g/mol. The number of likely N-dealkylation sites (tertiary alicyclic amines) is 1. The molecule has 0 saturated carbocycles. The number of nitrogens with zero attached hydrogens (tertiary/aromatic N) is 1. The van der Waals surface area contributed by atoms with E-state index in [1.165, 1.54) is 0 Å². The number of hydrogen-bond donors (Lipinski definition) is 1. The van der Waals surface area contributed by atoms with E-state index in [0.717, 1.165) is 58.4 Å². The van der Waals surface area contributed by atoms with Gasteiger partial charge in [0.15, 0.2) is 0 Å². The fourth-order valence-electron chi connectivity index (χ4n) is 3.94.